The second-order valence-corrected chi connectivity index (χ2v) is 3.87. The predicted octanol–water partition coefficient (Wildman–Crippen LogP) is 4.53. The summed E-state index contributed by atoms with van der Waals surface area (Å²) >= 11 is 0. The van der Waals surface area contributed by atoms with E-state index in [1.165, 1.54) is 12.1 Å². The van der Waals surface area contributed by atoms with Crippen LogP contribution < -0.4 is 0 Å². The van der Waals surface area contributed by atoms with Gasteiger partial charge in [-0.1, -0.05) is 48.6 Å². The van der Waals surface area contributed by atoms with Gasteiger partial charge in [0, 0.05) is 0 Å². The Balaban J connectivity index is 2.38. The van der Waals surface area contributed by atoms with Crippen LogP contribution in [0.3, 0.4) is 0 Å². The first-order valence-corrected chi connectivity index (χ1v) is 5.19. The predicted molar refractivity (Wildman–Crippen MR) is 66.5 cm³/mol. The molecule has 0 saturated carbocycles. The van der Waals surface area contributed by atoms with Gasteiger partial charge in [-0.15, -0.1) is 0 Å². The molecule has 2 aromatic rings. The van der Waals surface area contributed by atoms with Crippen LogP contribution >= 0.6 is 0 Å². The average molecular weight is 212 g/mol. The first-order valence-electron chi connectivity index (χ1n) is 5.19. The van der Waals surface area contributed by atoms with E-state index in [9.17, 15) is 4.39 Å². The van der Waals surface area contributed by atoms with Gasteiger partial charge in [0.25, 0.3) is 0 Å². The van der Waals surface area contributed by atoms with Crippen LogP contribution in [0.15, 0.2) is 55.1 Å². The minimum absolute atomic E-state index is 0.207. The molecule has 0 fully saturated rings. The molecule has 2 rings (SSSR count). The largest absolute Gasteiger partial charge is 0.207 e. The van der Waals surface area contributed by atoms with Crippen LogP contribution in [0.1, 0.15) is 12.5 Å². The molecule has 0 amide bonds. The van der Waals surface area contributed by atoms with E-state index in [2.05, 4.69) is 6.58 Å². The van der Waals surface area contributed by atoms with Gasteiger partial charge in [0.2, 0.25) is 0 Å². The molecule has 0 unspecified atom stereocenters. The Bertz CT molecular complexity index is 509. The number of halogens is 1. The Kier molecular flexibility index (Phi) is 2.86. The summed E-state index contributed by atoms with van der Waals surface area (Å²) in [5.41, 5.74) is 4.06. The van der Waals surface area contributed by atoms with Crippen molar-refractivity contribution in [3.05, 3.63) is 66.5 Å². The third-order valence-electron chi connectivity index (χ3n) is 2.54. The fourth-order valence-electron chi connectivity index (χ4n) is 1.62. The molecule has 0 saturated heterocycles. The number of hydrogen-bond donors (Lipinski definition) is 0. The summed E-state index contributed by atoms with van der Waals surface area (Å²) in [7, 11) is 0. The maximum atomic E-state index is 13.0. The smallest absolute Gasteiger partial charge is 0.123 e. The van der Waals surface area contributed by atoms with Crippen molar-refractivity contribution < 1.29 is 4.39 Å². The number of hydrogen-bond acceptors (Lipinski definition) is 0. The molecule has 0 aromatic heterocycles. The van der Waals surface area contributed by atoms with Gasteiger partial charge in [-0.25, -0.2) is 4.39 Å². The highest BCUT2D eigenvalue weighted by Gasteiger charge is 1.99. The van der Waals surface area contributed by atoms with Crippen molar-refractivity contribution in [1.29, 1.82) is 0 Å². The summed E-state index contributed by atoms with van der Waals surface area (Å²) in [6, 6.07) is 14.6. The summed E-state index contributed by atoms with van der Waals surface area (Å²) in [5, 5.41) is 0. The van der Waals surface area contributed by atoms with Crippen LogP contribution in [0, 0.1) is 5.82 Å². The van der Waals surface area contributed by atoms with Crippen LogP contribution in [0.4, 0.5) is 4.39 Å². The van der Waals surface area contributed by atoms with Crippen molar-refractivity contribution in [2.45, 2.75) is 6.92 Å². The quantitative estimate of drug-likeness (QED) is 0.686. The third kappa shape index (κ3) is 2.19. The van der Waals surface area contributed by atoms with Crippen molar-refractivity contribution in [3.8, 4) is 11.1 Å². The van der Waals surface area contributed by atoms with E-state index in [1.54, 1.807) is 6.07 Å². The standard InChI is InChI=1S/C15H13F/c1-11(2)12-6-8-13(9-7-12)14-4-3-5-15(16)10-14/h3-10H,1H2,2H3. The first kappa shape index (κ1) is 10.6. The van der Waals surface area contributed by atoms with E-state index < -0.39 is 0 Å². The molecular weight excluding hydrogens is 199 g/mol. The van der Waals surface area contributed by atoms with Crippen LogP contribution in [-0.4, -0.2) is 0 Å². The summed E-state index contributed by atoms with van der Waals surface area (Å²) < 4.78 is 13.0. The Morgan fingerprint density at radius 3 is 2.25 bits per heavy atom. The zero-order valence-corrected chi connectivity index (χ0v) is 9.20. The van der Waals surface area contributed by atoms with E-state index in [0.29, 0.717) is 0 Å². The fraction of sp³-hybridized carbons (Fsp3) is 0.0667. The van der Waals surface area contributed by atoms with E-state index in [4.69, 9.17) is 0 Å². The summed E-state index contributed by atoms with van der Waals surface area (Å²) in [5.74, 6) is -0.207. The molecule has 0 bridgehead atoms. The highest BCUT2D eigenvalue weighted by Crippen LogP contribution is 2.22. The molecule has 16 heavy (non-hydrogen) atoms. The van der Waals surface area contributed by atoms with Gasteiger partial charge in [-0.2, -0.15) is 0 Å². The molecule has 80 valence electrons. The fourth-order valence-corrected chi connectivity index (χ4v) is 1.62. The second-order valence-electron chi connectivity index (χ2n) is 3.87. The van der Waals surface area contributed by atoms with E-state index in [0.717, 1.165) is 22.3 Å². The highest BCUT2D eigenvalue weighted by molar-refractivity contribution is 5.68. The van der Waals surface area contributed by atoms with Gasteiger partial charge in [0.1, 0.15) is 5.82 Å². The average Bonchev–Trinajstić information content (AvgIpc) is 2.29. The first-order chi connectivity index (χ1) is 7.66. The van der Waals surface area contributed by atoms with Gasteiger partial charge < -0.3 is 0 Å². The van der Waals surface area contributed by atoms with E-state index in [-0.39, 0.29) is 5.82 Å². The lowest BCUT2D eigenvalue weighted by molar-refractivity contribution is 0.628. The number of rotatable bonds is 2. The molecule has 0 spiro atoms. The lowest BCUT2D eigenvalue weighted by Gasteiger charge is -2.04. The van der Waals surface area contributed by atoms with Gasteiger partial charge in [-0.3, -0.25) is 0 Å². The van der Waals surface area contributed by atoms with Crippen molar-refractivity contribution >= 4 is 5.57 Å². The minimum Gasteiger partial charge on any atom is -0.207 e. The van der Waals surface area contributed by atoms with Crippen molar-refractivity contribution in [3.63, 3.8) is 0 Å². The number of benzene rings is 2. The molecule has 0 aliphatic heterocycles. The van der Waals surface area contributed by atoms with Crippen LogP contribution in [-0.2, 0) is 0 Å². The van der Waals surface area contributed by atoms with Crippen molar-refractivity contribution in [2.75, 3.05) is 0 Å². The van der Waals surface area contributed by atoms with Gasteiger partial charge >= 0.3 is 0 Å². The molecule has 0 heterocycles. The zero-order chi connectivity index (χ0) is 11.5. The van der Waals surface area contributed by atoms with Gasteiger partial charge in [-0.05, 0) is 35.7 Å². The highest BCUT2D eigenvalue weighted by atomic mass is 19.1. The monoisotopic (exact) mass is 212 g/mol. The molecular formula is C15H13F. The SMILES string of the molecule is C=C(C)c1ccc(-c2cccc(F)c2)cc1. The topological polar surface area (TPSA) is 0 Å². The van der Waals surface area contributed by atoms with Gasteiger partial charge in [0.05, 0.1) is 0 Å². The molecule has 2 aromatic carbocycles. The van der Waals surface area contributed by atoms with E-state index in [1.807, 2.05) is 37.3 Å². The van der Waals surface area contributed by atoms with Crippen molar-refractivity contribution in [2.24, 2.45) is 0 Å². The summed E-state index contributed by atoms with van der Waals surface area (Å²) in [4.78, 5) is 0. The maximum Gasteiger partial charge on any atom is 0.123 e. The Hall–Kier alpha value is -1.89. The number of allylic oxidation sites excluding steroid dienone is 1. The lowest BCUT2D eigenvalue weighted by atomic mass is 10.0. The zero-order valence-electron chi connectivity index (χ0n) is 9.20. The van der Waals surface area contributed by atoms with E-state index >= 15 is 0 Å². The second kappa shape index (κ2) is 4.31. The molecule has 1 heteroatoms. The van der Waals surface area contributed by atoms with Crippen LogP contribution in [0.5, 0.6) is 0 Å². The molecule has 0 atom stereocenters. The molecule has 0 radical (unpaired) electrons. The molecule has 0 aliphatic rings. The Morgan fingerprint density at radius 1 is 1.00 bits per heavy atom. The lowest BCUT2D eigenvalue weighted by Crippen LogP contribution is -1.82. The summed E-state index contributed by atoms with van der Waals surface area (Å²) in [6.07, 6.45) is 0. The maximum absolute atomic E-state index is 13.0. The summed E-state index contributed by atoms with van der Waals surface area (Å²) in [6.45, 7) is 5.85. The minimum atomic E-state index is -0.207. The Morgan fingerprint density at radius 2 is 1.69 bits per heavy atom. The Labute approximate surface area is 95.1 Å². The van der Waals surface area contributed by atoms with Crippen LogP contribution in [0.2, 0.25) is 0 Å². The normalized spacial score (nSPS) is 10.1. The molecule has 0 aliphatic carbocycles. The van der Waals surface area contributed by atoms with Gasteiger partial charge in [0.15, 0.2) is 0 Å². The molecule has 0 nitrogen and oxygen atoms in total. The third-order valence-corrected chi connectivity index (χ3v) is 2.54. The van der Waals surface area contributed by atoms with Crippen molar-refractivity contribution in [1.82, 2.24) is 0 Å². The van der Waals surface area contributed by atoms with Crippen LogP contribution in [0.25, 0.3) is 16.7 Å². The molecule has 0 N–H and O–H groups in total.